The molecule has 2 nitrogen and oxygen atoms in total. The highest BCUT2D eigenvalue weighted by atomic mass is 16.5. The molecule has 2 heteroatoms. The summed E-state index contributed by atoms with van der Waals surface area (Å²) < 4.78 is 4.71. The highest BCUT2D eigenvalue weighted by Gasteiger charge is 2.07. The van der Waals surface area contributed by atoms with Gasteiger partial charge in [-0.3, -0.25) is 4.79 Å². The second-order valence-electron chi connectivity index (χ2n) is 2.85. The number of hydrogen-bond donors (Lipinski definition) is 0. The van der Waals surface area contributed by atoms with Crippen LogP contribution in [0.25, 0.3) is 0 Å². The Hall–Kier alpha value is -1.31. The minimum atomic E-state index is -0.212. The first kappa shape index (κ1) is 11.7. The molecule has 1 aliphatic rings. The van der Waals surface area contributed by atoms with Crippen LogP contribution in [-0.2, 0) is 9.53 Å². The molecule has 0 N–H and O–H groups in total. The van der Waals surface area contributed by atoms with Gasteiger partial charge >= 0.3 is 5.97 Å². The van der Waals surface area contributed by atoms with Crippen molar-refractivity contribution in [2.75, 3.05) is 0 Å². The first-order chi connectivity index (χ1) is 6.06. The molecule has 13 heavy (non-hydrogen) atoms. The van der Waals surface area contributed by atoms with E-state index in [2.05, 4.69) is 13.2 Å². The van der Waals surface area contributed by atoms with Gasteiger partial charge in [-0.1, -0.05) is 24.8 Å². The zero-order valence-corrected chi connectivity index (χ0v) is 8.30. The third-order valence-electron chi connectivity index (χ3n) is 1.39. The maximum Gasteiger partial charge on any atom is 0.307 e. The zero-order chi connectivity index (χ0) is 10.3. The minimum absolute atomic E-state index is 0.212. The number of ether oxygens (including phenoxy) is 1. The molecule has 0 saturated carbocycles. The molecule has 72 valence electrons. The minimum Gasteiger partial charge on any atom is -0.432 e. The average Bonchev–Trinajstić information content (AvgIpc) is 1.98. The largest absolute Gasteiger partial charge is 0.432 e. The maximum atomic E-state index is 10.2. The topological polar surface area (TPSA) is 26.3 Å². The molecule has 0 radical (unpaired) electrons. The van der Waals surface area contributed by atoms with Crippen LogP contribution in [0.3, 0.4) is 0 Å². The molecule has 0 saturated heterocycles. The van der Waals surface area contributed by atoms with Crippen LogP contribution in [0.4, 0.5) is 0 Å². The highest BCUT2D eigenvalue weighted by Crippen LogP contribution is 2.18. The molecule has 0 atom stereocenters. The Morgan fingerprint density at radius 1 is 1.62 bits per heavy atom. The molecular weight excluding hydrogens is 164 g/mol. The standard InChI is InChI=1S/C6H8O2.C5H8/c1-5(7)8-6-3-2-4-6;1-4-5(2)3/h3H,2,4H2,1H3;4H,1-2H2,3H3. The van der Waals surface area contributed by atoms with Gasteiger partial charge in [0, 0.05) is 13.3 Å². The lowest BCUT2D eigenvalue weighted by atomic mass is 10.1. The third kappa shape index (κ3) is 7.06. The van der Waals surface area contributed by atoms with E-state index in [9.17, 15) is 4.79 Å². The first-order valence-electron chi connectivity index (χ1n) is 4.21. The molecule has 0 heterocycles. The zero-order valence-electron chi connectivity index (χ0n) is 8.30. The van der Waals surface area contributed by atoms with Crippen LogP contribution in [-0.4, -0.2) is 5.97 Å². The van der Waals surface area contributed by atoms with Crippen molar-refractivity contribution >= 4 is 5.97 Å². The van der Waals surface area contributed by atoms with Crippen molar-refractivity contribution in [1.29, 1.82) is 0 Å². The van der Waals surface area contributed by atoms with Crippen LogP contribution >= 0.6 is 0 Å². The summed E-state index contributed by atoms with van der Waals surface area (Å²) >= 11 is 0. The second-order valence-corrected chi connectivity index (χ2v) is 2.85. The van der Waals surface area contributed by atoms with Gasteiger partial charge in [0.05, 0.1) is 0 Å². The summed E-state index contributed by atoms with van der Waals surface area (Å²) in [5.74, 6) is 0.619. The number of rotatable bonds is 2. The van der Waals surface area contributed by atoms with Crippen molar-refractivity contribution in [3.8, 4) is 0 Å². The Morgan fingerprint density at radius 2 is 2.08 bits per heavy atom. The molecule has 0 unspecified atom stereocenters. The van der Waals surface area contributed by atoms with Crippen molar-refractivity contribution in [1.82, 2.24) is 0 Å². The van der Waals surface area contributed by atoms with E-state index < -0.39 is 0 Å². The van der Waals surface area contributed by atoms with Gasteiger partial charge in [0.1, 0.15) is 5.76 Å². The number of hydrogen-bond acceptors (Lipinski definition) is 2. The van der Waals surface area contributed by atoms with Gasteiger partial charge in [0.2, 0.25) is 0 Å². The van der Waals surface area contributed by atoms with Gasteiger partial charge in [-0.2, -0.15) is 0 Å². The monoisotopic (exact) mass is 180 g/mol. The van der Waals surface area contributed by atoms with Crippen LogP contribution in [0.5, 0.6) is 0 Å². The number of allylic oxidation sites excluding steroid dienone is 4. The van der Waals surface area contributed by atoms with Crippen LogP contribution < -0.4 is 0 Å². The number of carbonyl (C=O) groups excluding carboxylic acids is 1. The molecule has 0 amide bonds. The van der Waals surface area contributed by atoms with E-state index in [0.717, 1.165) is 24.2 Å². The molecule has 1 rings (SSSR count). The summed E-state index contributed by atoms with van der Waals surface area (Å²) in [6.45, 7) is 10.3. The Labute approximate surface area is 79.6 Å². The molecule has 0 aliphatic heterocycles. The average molecular weight is 180 g/mol. The quantitative estimate of drug-likeness (QED) is 0.482. The molecule has 1 aliphatic carbocycles. The van der Waals surface area contributed by atoms with Crippen LogP contribution in [0.1, 0.15) is 26.7 Å². The predicted octanol–water partition coefficient (Wildman–Crippen LogP) is 2.98. The van der Waals surface area contributed by atoms with Crippen LogP contribution in [0.2, 0.25) is 0 Å². The summed E-state index contributed by atoms with van der Waals surface area (Å²) in [7, 11) is 0. The fourth-order valence-electron chi connectivity index (χ4n) is 0.539. The highest BCUT2D eigenvalue weighted by molar-refractivity contribution is 5.67. The molecule has 0 aromatic rings. The van der Waals surface area contributed by atoms with Gasteiger partial charge < -0.3 is 4.74 Å². The summed E-state index contributed by atoms with van der Waals surface area (Å²) in [5, 5.41) is 0. The van der Waals surface area contributed by atoms with Crippen molar-refractivity contribution < 1.29 is 9.53 Å². The molecule has 0 aromatic carbocycles. The van der Waals surface area contributed by atoms with E-state index in [1.54, 1.807) is 6.08 Å². The lowest BCUT2D eigenvalue weighted by molar-refractivity contribution is -0.137. The van der Waals surface area contributed by atoms with Crippen molar-refractivity contribution in [3.05, 3.63) is 36.6 Å². The van der Waals surface area contributed by atoms with Crippen molar-refractivity contribution in [2.45, 2.75) is 26.7 Å². The normalized spacial score (nSPS) is 12.6. The Balaban J connectivity index is 0.000000252. The Kier molecular flexibility index (Phi) is 5.60. The fourth-order valence-corrected chi connectivity index (χ4v) is 0.539. The molecule has 0 spiro atoms. The van der Waals surface area contributed by atoms with E-state index in [1.165, 1.54) is 6.92 Å². The van der Waals surface area contributed by atoms with E-state index in [0.29, 0.717) is 0 Å². The van der Waals surface area contributed by atoms with E-state index in [-0.39, 0.29) is 5.97 Å². The summed E-state index contributed by atoms with van der Waals surface area (Å²) in [4.78, 5) is 10.2. The van der Waals surface area contributed by atoms with Gasteiger partial charge in [-0.25, -0.2) is 0 Å². The van der Waals surface area contributed by atoms with Gasteiger partial charge in [0.25, 0.3) is 0 Å². The van der Waals surface area contributed by atoms with E-state index in [4.69, 9.17) is 4.74 Å². The molecule has 0 bridgehead atoms. The van der Waals surface area contributed by atoms with Crippen molar-refractivity contribution in [2.24, 2.45) is 0 Å². The molecular formula is C11H16O2. The summed E-state index contributed by atoms with van der Waals surface area (Å²) in [6, 6.07) is 0. The van der Waals surface area contributed by atoms with Gasteiger partial charge in [-0.15, -0.1) is 0 Å². The number of esters is 1. The fraction of sp³-hybridized carbons (Fsp3) is 0.364. The smallest absolute Gasteiger partial charge is 0.307 e. The summed E-state index contributed by atoms with van der Waals surface area (Å²) in [5.41, 5.74) is 1.02. The Bertz CT molecular complexity index is 236. The Morgan fingerprint density at radius 3 is 2.15 bits per heavy atom. The molecule has 0 aromatic heterocycles. The maximum absolute atomic E-state index is 10.2. The molecule has 0 fully saturated rings. The third-order valence-corrected chi connectivity index (χ3v) is 1.39. The van der Waals surface area contributed by atoms with E-state index in [1.807, 2.05) is 13.0 Å². The summed E-state index contributed by atoms with van der Waals surface area (Å²) in [6.07, 6.45) is 5.63. The van der Waals surface area contributed by atoms with Crippen molar-refractivity contribution in [3.63, 3.8) is 0 Å². The predicted molar refractivity (Wildman–Crippen MR) is 54.1 cm³/mol. The van der Waals surface area contributed by atoms with Crippen LogP contribution in [0.15, 0.2) is 36.6 Å². The number of carbonyl (C=O) groups is 1. The second kappa shape index (κ2) is 6.23. The lowest BCUT2D eigenvalue weighted by Gasteiger charge is -2.11. The lowest BCUT2D eigenvalue weighted by Crippen LogP contribution is -2.03. The van der Waals surface area contributed by atoms with Gasteiger partial charge in [0.15, 0.2) is 0 Å². The van der Waals surface area contributed by atoms with Crippen LogP contribution in [0, 0.1) is 0 Å². The van der Waals surface area contributed by atoms with Gasteiger partial charge in [-0.05, 0) is 19.4 Å². The SMILES string of the molecule is C=CC(=C)C.CC(=O)OC1=CCC1. The first-order valence-corrected chi connectivity index (χ1v) is 4.21. The van der Waals surface area contributed by atoms with E-state index >= 15 is 0 Å².